The first-order valence-electron chi connectivity index (χ1n) is 22.4. The number of hydrogen-bond donors (Lipinski definition) is 0. The fraction of sp³-hybridized carbons (Fsp3) is 0. The summed E-state index contributed by atoms with van der Waals surface area (Å²) in [5.74, 6) is 2.56. The van der Waals surface area contributed by atoms with Crippen LogP contribution in [-0.2, 0) is 0 Å². The first-order chi connectivity index (χ1) is 32.7. The van der Waals surface area contributed by atoms with Crippen molar-refractivity contribution in [2.24, 2.45) is 0 Å². The number of benzene rings is 10. The lowest BCUT2D eigenvalue weighted by molar-refractivity contribution is 0.477. The van der Waals surface area contributed by atoms with E-state index in [0.717, 1.165) is 67.7 Å². The van der Waals surface area contributed by atoms with Crippen molar-refractivity contribution in [3.05, 3.63) is 231 Å². The fourth-order valence-corrected chi connectivity index (χ4v) is 10.5. The quantitative estimate of drug-likeness (QED) is 0.173. The molecular formula is C61H38N4O. The van der Waals surface area contributed by atoms with Crippen molar-refractivity contribution in [1.29, 1.82) is 0 Å². The number of anilines is 3. The molecule has 0 saturated carbocycles. The van der Waals surface area contributed by atoms with Crippen LogP contribution in [0.2, 0.25) is 0 Å². The molecule has 0 N–H and O–H groups in total. The van der Waals surface area contributed by atoms with Gasteiger partial charge in [-0.3, -0.25) is 4.57 Å². The summed E-state index contributed by atoms with van der Waals surface area (Å²) in [6.07, 6.45) is 1.86. The van der Waals surface area contributed by atoms with E-state index in [1.54, 1.807) is 0 Å². The lowest BCUT2D eigenvalue weighted by Gasteiger charge is -2.33. The summed E-state index contributed by atoms with van der Waals surface area (Å²) in [5.41, 5.74) is 13.5. The van der Waals surface area contributed by atoms with Crippen molar-refractivity contribution in [2.75, 3.05) is 4.90 Å². The van der Waals surface area contributed by atoms with Crippen molar-refractivity contribution in [1.82, 2.24) is 14.1 Å². The minimum absolute atomic E-state index is 0.820. The largest absolute Gasteiger partial charge is 0.453 e. The first kappa shape index (κ1) is 36.5. The fourth-order valence-electron chi connectivity index (χ4n) is 10.5. The van der Waals surface area contributed by atoms with Crippen LogP contribution >= 0.6 is 0 Å². The Morgan fingerprint density at radius 3 is 1.83 bits per heavy atom. The lowest BCUT2D eigenvalue weighted by Crippen LogP contribution is -2.15. The molecular weight excluding hydrogens is 805 g/mol. The summed E-state index contributed by atoms with van der Waals surface area (Å²) in [4.78, 5) is 7.06. The maximum atomic E-state index is 6.71. The molecule has 4 heterocycles. The molecule has 0 amide bonds. The third kappa shape index (κ3) is 5.57. The summed E-state index contributed by atoms with van der Waals surface area (Å²) in [6, 6.07) is 80.8. The van der Waals surface area contributed by atoms with E-state index in [1.165, 1.54) is 59.7 Å². The van der Waals surface area contributed by atoms with Gasteiger partial charge in [-0.05, 0) is 141 Å². The molecule has 1 aliphatic heterocycles. The Morgan fingerprint density at radius 1 is 0.333 bits per heavy atom. The highest BCUT2D eigenvalue weighted by atomic mass is 16.5. The second kappa shape index (κ2) is 14.3. The third-order valence-corrected chi connectivity index (χ3v) is 13.5. The van der Waals surface area contributed by atoms with Gasteiger partial charge >= 0.3 is 0 Å². The van der Waals surface area contributed by atoms with Crippen LogP contribution in [0.4, 0.5) is 17.1 Å². The molecule has 308 valence electrons. The van der Waals surface area contributed by atoms with E-state index in [4.69, 9.17) is 9.72 Å². The summed E-state index contributed by atoms with van der Waals surface area (Å²) >= 11 is 0. The summed E-state index contributed by atoms with van der Waals surface area (Å²) < 4.78 is 11.4. The van der Waals surface area contributed by atoms with Crippen LogP contribution in [0.1, 0.15) is 0 Å². The molecule has 14 rings (SSSR count). The minimum Gasteiger partial charge on any atom is -0.453 e. The predicted octanol–water partition coefficient (Wildman–Crippen LogP) is 16.5. The van der Waals surface area contributed by atoms with Gasteiger partial charge in [0.15, 0.2) is 11.5 Å². The molecule has 5 heteroatoms. The predicted molar refractivity (Wildman–Crippen MR) is 274 cm³/mol. The van der Waals surface area contributed by atoms with E-state index in [1.807, 2.05) is 24.4 Å². The SMILES string of the molecule is c1ccc(-n2c3ccccc3c3cc4cc(-n5c6ccccc6c6cc(-c7ccc8c(c7)Oc7ccccc7N8c7ccc(-c8cccc9ccccc89)cc7)ccc65)ccc4cc32)nc1. The molecule has 0 saturated heterocycles. The maximum Gasteiger partial charge on any atom is 0.152 e. The van der Waals surface area contributed by atoms with E-state index < -0.39 is 0 Å². The van der Waals surface area contributed by atoms with Gasteiger partial charge in [-0.15, -0.1) is 0 Å². The highest BCUT2D eigenvalue weighted by Crippen LogP contribution is 2.52. The molecule has 1 aliphatic rings. The van der Waals surface area contributed by atoms with Gasteiger partial charge in [0.2, 0.25) is 0 Å². The smallest absolute Gasteiger partial charge is 0.152 e. The molecule has 0 radical (unpaired) electrons. The number of para-hydroxylation sites is 4. The Hall–Kier alpha value is -8.93. The van der Waals surface area contributed by atoms with E-state index in [-0.39, 0.29) is 0 Å². The molecule has 66 heavy (non-hydrogen) atoms. The molecule has 3 aromatic heterocycles. The van der Waals surface area contributed by atoms with E-state index in [2.05, 4.69) is 220 Å². The zero-order valence-electron chi connectivity index (χ0n) is 35.6. The number of nitrogens with zero attached hydrogens (tertiary/aromatic N) is 4. The molecule has 0 unspecified atom stereocenters. The molecule has 0 spiro atoms. The number of hydrogen-bond acceptors (Lipinski definition) is 3. The van der Waals surface area contributed by atoms with Crippen LogP contribution < -0.4 is 9.64 Å². The summed E-state index contributed by atoms with van der Waals surface area (Å²) in [5, 5.41) is 9.71. The molecule has 0 fully saturated rings. The highest BCUT2D eigenvalue weighted by molar-refractivity contribution is 6.14. The third-order valence-electron chi connectivity index (χ3n) is 13.5. The Bertz CT molecular complexity index is 4080. The lowest BCUT2D eigenvalue weighted by atomic mass is 9.98. The molecule has 0 aliphatic carbocycles. The average Bonchev–Trinajstić information content (AvgIpc) is 3.89. The van der Waals surface area contributed by atoms with E-state index in [9.17, 15) is 0 Å². The van der Waals surface area contributed by atoms with Gasteiger partial charge in [0.1, 0.15) is 5.82 Å². The van der Waals surface area contributed by atoms with E-state index in [0.29, 0.717) is 0 Å². The second-order valence-electron chi connectivity index (χ2n) is 17.2. The van der Waals surface area contributed by atoms with Crippen molar-refractivity contribution in [3.63, 3.8) is 0 Å². The number of fused-ring (bicyclic) bond motifs is 10. The van der Waals surface area contributed by atoms with Crippen molar-refractivity contribution in [2.45, 2.75) is 0 Å². The minimum atomic E-state index is 0.820. The maximum absolute atomic E-state index is 6.71. The van der Waals surface area contributed by atoms with Crippen molar-refractivity contribution < 1.29 is 4.74 Å². The van der Waals surface area contributed by atoms with E-state index >= 15 is 0 Å². The van der Waals surface area contributed by atoms with Gasteiger partial charge in [-0.2, -0.15) is 0 Å². The summed E-state index contributed by atoms with van der Waals surface area (Å²) in [6.45, 7) is 0. The van der Waals surface area contributed by atoms with Crippen molar-refractivity contribution in [3.8, 4) is 45.3 Å². The van der Waals surface area contributed by atoms with Gasteiger partial charge in [0.25, 0.3) is 0 Å². The van der Waals surface area contributed by atoms with Crippen LogP contribution in [0, 0.1) is 0 Å². The van der Waals surface area contributed by atoms with Crippen LogP contribution in [0.15, 0.2) is 231 Å². The molecule has 0 atom stereocenters. The molecule has 10 aromatic carbocycles. The molecule has 0 bridgehead atoms. The Balaban J connectivity index is 0.855. The highest BCUT2D eigenvalue weighted by Gasteiger charge is 2.27. The van der Waals surface area contributed by atoms with Crippen molar-refractivity contribution >= 4 is 82.2 Å². The monoisotopic (exact) mass is 842 g/mol. The van der Waals surface area contributed by atoms with Crippen LogP contribution in [0.3, 0.4) is 0 Å². The van der Waals surface area contributed by atoms with Crippen LogP contribution in [-0.4, -0.2) is 14.1 Å². The normalized spacial score (nSPS) is 12.3. The van der Waals surface area contributed by atoms with Crippen LogP contribution in [0.25, 0.3) is 98.9 Å². The van der Waals surface area contributed by atoms with Gasteiger partial charge in [0.05, 0.1) is 33.4 Å². The zero-order valence-corrected chi connectivity index (χ0v) is 35.6. The van der Waals surface area contributed by atoms with Gasteiger partial charge < -0.3 is 14.2 Å². The zero-order chi connectivity index (χ0) is 43.3. The topological polar surface area (TPSA) is 35.2 Å². The van der Waals surface area contributed by atoms with Gasteiger partial charge in [-0.25, -0.2) is 4.98 Å². The summed E-state index contributed by atoms with van der Waals surface area (Å²) in [7, 11) is 0. The molecule has 13 aromatic rings. The Labute approximate surface area is 380 Å². The standard InChI is InChI=1S/C61H38N4O/c1-2-14-47-39(12-1)13-11-17-48(47)40-23-28-45(29-24-40)63-56-20-7-8-21-59(56)66-60-38-43(27-32-57(60)63)41-26-31-55-51(35-41)49-15-3-5-18-53(49)64(55)46-30-25-42-37-58-52(36-44(42)34-46)50-16-4-6-19-54(50)65(58)61-22-9-10-33-62-61/h1-38H. The number of aromatic nitrogens is 3. The Kier molecular flexibility index (Phi) is 7.91. The number of rotatable bonds is 5. The number of pyridine rings is 1. The molecule has 5 nitrogen and oxygen atoms in total. The van der Waals surface area contributed by atoms with Gasteiger partial charge in [-0.1, -0.05) is 127 Å². The number of ether oxygens (including phenoxy) is 1. The Morgan fingerprint density at radius 2 is 0.985 bits per heavy atom. The van der Waals surface area contributed by atoms with Crippen LogP contribution in [0.5, 0.6) is 11.5 Å². The van der Waals surface area contributed by atoms with Gasteiger partial charge in [0, 0.05) is 39.1 Å². The second-order valence-corrected chi connectivity index (χ2v) is 17.2. The average molecular weight is 843 g/mol. The first-order valence-corrected chi connectivity index (χ1v) is 22.4.